The molecule has 7 heteroatoms. The van der Waals surface area contributed by atoms with Crippen LogP contribution in [0.25, 0.3) is 0 Å². The number of rotatable bonds is 5. The van der Waals surface area contributed by atoms with Gasteiger partial charge in [0, 0.05) is 11.3 Å². The number of anilines is 1. The van der Waals surface area contributed by atoms with Crippen molar-refractivity contribution in [3.05, 3.63) is 48.0 Å². The van der Waals surface area contributed by atoms with Gasteiger partial charge in [-0.15, -0.1) is 0 Å². The van der Waals surface area contributed by atoms with Crippen LogP contribution >= 0.6 is 11.8 Å². The molecule has 2 aliphatic rings. The Bertz CT molecular complexity index is 900. The molecule has 0 amide bonds. The van der Waals surface area contributed by atoms with Crippen LogP contribution < -0.4 is 19.1 Å². The summed E-state index contributed by atoms with van der Waals surface area (Å²) in [5.41, 5.74) is 0.690. The van der Waals surface area contributed by atoms with Crippen LogP contribution in [-0.4, -0.2) is 55.0 Å². The fourth-order valence-corrected chi connectivity index (χ4v) is 4.98. The first kappa shape index (κ1) is 19.0. The Balaban J connectivity index is 1.76. The van der Waals surface area contributed by atoms with E-state index in [9.17, 15) is 5.11 Å². The van der Waals surface area contributed by atoms with Gasteiger partial charge in [0.15, 0.2) is 18.0 Å². The van der Waals surface area contributed by atoms with Crippen LogP contribution in [0.15, 0.2) is 42.5 Å². The second kappa shape index (κ2) is 7.56. The third-order valence-corrected chi connectivity index (χ3v) is 6.47. The highest BCUT2D eigenvalue weighted by molar-refractivity contribution is 8.13. The molecule has 148 valence electrons. The second-order valence-corrected chi connectivity index (χ2v) is 7.87. The van der Waals surface area contributed by atoms with Gasteiger partial charge >= 0.3 is 5.17 Å². The summed E-state index contributed by atoms with van der Waals surface area (Å²) >= 11 is 1.78. The average molecular weight is 402 g/mol. The van der Waals surface area contributed by atoms with Crippen molar-refractivity contribution in [1.29, 1.82) is 0 Å². The van der Waals surface area contributed by atoms with Gasteiger partial charge in [-0.25, -0.2) is 9.48 Å². The van der Waals surface area contributed by atoms with Crippen molar-refractivity contribution in [2.45, 2.75) is 12.1 Å². The van der Waals surface area contributed by atoms with Crippen molar-refractivity contribution in [2.75, 3.05) is 45.1 Å². The van der Waals surface area contributed by atoms with E-state index in [1.54, 1.807) is 33.1 Å². The predicted molar refractivity (Wildman–Crippen MR) is 111 cm³/mol. The maximum atomic E-state index is 11.8. The molecule has 2 aliphatic heterocycles. The molecule has 2 aromatic rings. The molecule has 1 N–H and O–H groups in total. The number of amidine groups is 1. The van der Waals surface area contributed by atoms with Crippen molar-refractivity contribution in [3.63, 3.8) is 0 Å². The number of β-amino-alcohol motifs (C(OH)–C–C–N with tert-alkyl or cyclic N) is 1. The third kappa shape index (κ3) is 3.08. The zero-order chi connectivity index (χ0) is 19.7. The monoisotopic (exact) mass is 401 g/mol. The SMILES string of the molecule is COc1ccc(N2CC(O)(c3ccc(OC)c(OC)c3)[N+]3=C2SCCC3)cc1. The first-order chi connectivity index (χ1) is 13.6. The summed E-state index contributed by atoms with van der Waals surface area (Å²) < 4.78 is 18.2. The molecular weight excluding hydrogens is 376 g/mol. The molecule has 28 heavy (non-hydrogen) atoms. The Morgan fingerprint density at radius 2 is 1.75 bits per heavy atom. The normalized spacial score (nSPS) is 21.5. The van der Waals surface area contributed by atoms with Gasteiger partial charge in [0.1, 0.15) is 11.4 Å². The minimum absolute atomic E-state index is 0.442. The van der Waals surface area contributed by atoms with Gasteiger partial charge in [-0.1, -0.05) is 0 Å². The van der Waals surface area contributed by atoms with Crippen LogP contribution in [0.5, 0.6) is 17.2 Å². The molecule has 0 radical (unpaired) electrons. The van der Waals surface area contributed by atoms with Gasteiger partial charge < -0.3 is 19.3 Å². The molecule has 6 nitrogen and oxygen atoms in total. The Labute approximate surface area is 169 Å². The van der Waals surface area contributed by atoms with Crippen molar-refractivity contribution in [2.24, 2.45) is 0 Å². The zero-order valence-electron chi connectivity index (χ0n) is 16.3. The molecular formula is C21H25N2O4S+. The lowest BCUT2D eigenvalue weighted by molar-refractivity contribution is -0.656. The summed E-state index contributed by atoms with van der Waals surface area (Å²) in [7, 11) is 4.88. The third-order valence-electron chi connectivity index (χ3n) is 5.27. The number of nitrogens with zero attached hydrogens (tertiary/aromatic N) is 2. The van der Waals surface area contributed by atoms with Crippen LogP contribution in [-0.2, 0) is 5.72 Å². The van der Waals surface area contributed by atoms with Crippen LogP contribution in [0, 0.1) is 0 Å². The topological polar surface area (TPSA) is 54.2 Å². The highest BCUT2D eigenvalue weighted by Gasteiger charge is 2.53. The summed E-state index contributed by atoms with van der Waals surface area (Å²) in [5, 5.41) is 12.9. The molecule has 0 saturated carbocycles. The van der Waals surface area contributed by atoms with E-state index < -0.39 is 5.72 Å². The molecule has 0 aliphatic carbocycles. The zero-order valence-corrected chi connectivity index (χ0v) is 17.2. The molecule has 0 saturated heterocycles. The number of thioether (sulfide) groups is 1. The van der Waals surface area contributed by atoms with E-state index in [0.717, 1.165) is 40.9 Å². The number of benzene rings is 2. The minimum Gasteiger partial charge on any atom is -0.497 e. The van der Waals surface area contributed by atoms with E-state index in [1.165, 1.54) is 0 Å². The highest BCUT2D eigenvalue weighted by Crippen LogP contribution is 2.40. The van der Waals surface area contributed by atoms with Gasteiger partial charge in [0.2, 0.25) is 0 Å². The van der Waals surface area contributed by atoms with Gasteiger partial charge in [0.05, 0.1) is 27.9 Å². The van der Waals surface area contributed by atoms with E-state index in [1.807, 2.05) is 42.5 Å². The molecule has 0 fully saturated rings. The van der Waals surface area contributed by atoms with Crippen molar-refractivity contribution in [3.8, 4) is 17.2 Å². The molecule has 0 spiro atoms. The smallest absolute Gasteiger partial charge is 0.316 e. The number of ether oxygens (including phenoxy) is 3. The molecule has 0 aromatic heterocycles. The van der Waals surface area contributed by atoms with Crippen LogP contribution in [0.2, 0.25) is 0 Å². The number of methoxy groups -OCH3 is 3. The van der Waals surface area contributed by atoms with Gasteiger partial charge in [-0.3, -0.25) is 0 Å². The largest absolute Gasteiger partial charge is 0.497 e. The summed E-state index contributed by atoms with van der Waals surface area (Å²) in [5.74, 6) is 3.12. The van der Waals surface area contributed by atoms with Gasteiger partial charge in [0.25, 0.3) is 5.72 Å². The van der Waals surface area contributed by atoms with Crippen LogP contribution in [0.4, 0.5) is 5.69 Å². The second-order valence-electron chi connectivity index (χ2n) is 6.81. The Morgan fingerprint density at radius 3 is 2.43 bits per heavy atom. The lowest BCUT2D eigenvalue weighted by atomic mass is 10.0. The van der Waals surface area contributed by atoms with Crippen LogP contribution in [0.3, 0.4) is 0 Å². The van der Waals surface area contributed by atoms with E-state index >= 15 is 0 Å². The average Bonchev–Trinajstić information content (AvgIpc) is 3.07. The Hall–Kier alpha value is -2.38. The summed E-state index contributed by atoms with van der Waals surface area (Å²) in [4.78, 5) is 2.18. The van der Waals surface area contributed by atoms with E-state index in [0.29, 0.717) is 18.0 Å². The van der Waals surface area contributed by atoms with Crippen molar-refractivity contribution >= 4 is 22.6 Å². The summed E-state index contributed by atoms with van der Waals surface area (Å²) in [6, 6.07) is 13.6. The minimum atomic E-state index is -1.14. The summed E-state index contributed by atoms with van der Waals surface area (Å²) in [6.45, 7) is 1.25. The van der Waals surface area contributed by atoms with Gasteiger partial charge in [-0.05, 0) is 60.6 Å². The van der Waals surface area contributed by atoms with Crippen LogP contribution in [0.1, 0.15) is 12.0 Å². The predicted octanol–water partition coefficient (Wildman–Crippen LogP) is 2.88. The first-order valence-corrected chi connectivity index (χ1v) is 10.2. The fourth-order valence-electron chi connectivity index (χ4n) is 3.80. The van der Waals surface area contributed by atoms with E-state index in [2.05, 4.69) is 9.48 Å². The van der Waals surface area contributed by atoms with E-state index in [-0.39, 0.29) is 0 Å². The van der Waals surface area contributed by atoms with Crippen molar-refractivity contribution in [1.82, 2.24) is 0 Å². The highest BCUT2D eigenvalue weighted by atomic mass is 32.2. The van der Waals surface area contributed by atoms with Crippen molar-refractivity contribution < 1.29 is 23.9 Å². The molecule has 1 unspecified atom stereocenters. The molecule has 2 heterocycles. The standard InChI is InChI=1S/C21H25N2O4S/c1-25-17-8-6-16(7-9-17)22-14-21(24,23-11-4-12-28-20(22)23)15-5-10-18(26-2)19(13-15)27-3/h5-10,13,24H,4,11-12,14H2,1-3H3/q+1. The molecule has 4 rings (SSSR count). The Kier molecular flexibility index (Phi) is 5.12. The molecule has 1 atom stereocenters. The first-order valence-electron chi connectivity index (χ1n) is 9.24. The number of hydrogen-bond donors (Lipinski definition) is 1. The fraction of sp³-hybridized carbons (Fsp3) is 0.381. The lowest BCUT2D eigenvalue weighted by Gasteiger charge is -2.25. The maximum absolute atomic E-state index is 11.8. The number of aliphatic hydroxyl groups is 1. The molecule has 2 aromatic carbocycles. The Morgan fingerprint density at radius 1 is 1.00 bits per heavy atom. The number of hydrogen-bond acceptors (Lipinski definition) is 6. The lowest BCUT2D eigenvalue weighted by Crippen LogP contribution is -2.41. The molecule has 0 bridgehead atoms. The quantitative estimate of drug-likeness (QED) is 0.778. The van der Waals surface area contributed by atoms with Gasteiger partial charge in [-0.2, -0.15) is 0 Å². The maximum Gasteiger partial charge on any atom is 0.316 e. The van der Waals surface area contributed by atoms with E-state index in [4.69, 9.17) is 14.2 Å². The summed E-state index contributed by atoms with van der Waals surface area (Å²) in [6.07, 6.45) is 1.03.